The second-order valence-electron chi connectivity index (χ2n) is 8.01. The lowest BCUT2D eigenvalue weighted by Crippen LogP contribution is -2.15. The van der Waals surface area contributed by atoms with E-state index < -0.39 is 8.07 Å². The first-order valence-electron chi connectivity index (χ1n) is 9.60. The highest BCUT2D eigenvalue weighted by molar-refractivity contribution is 6.80. The maximum absolute atomic E-state index is 4.93. The van der Waals surface area contributed by atoms with Crippen LogP contribution in [-0.2, 0) is 0 Å². The molecule has 0 fully saturated rings. The van der Waals surface area contributed by atoms with Crippen molar-refractivity contribution in [3.63, 3.8) is 0 Å². The maximum atomic E-state index is 4.93. The van der Waals surface area contributed by atoms with Crippen LogP contribution in [0.25, 0.3) is 22.2 Å². The van der Waals surface area contributed by atoms with Crippen molar-refractivity contribution in [3.05, 3.63) is 108 Å². The molecule has 0 N–H and O–H groups in total. The summed E-state index contributed by atoms with van der Waals surface area (Å²) in [5, 5.41) is 6.07. The Morgan fingerprint density at radius 1 is 0.821 bits per heavy atom. The van der Waals surface area contributed by atoms with Crippen LogP contribution in [-0.4, -0.2) is 17.9 Å². The van der Waals surface area contributed by atoms with Gasteiger partial charge in [-0.15, -0.1) is 5.73 Å². The molecule has 0 aliphatic heterocycles. The van der Waals surface area contributed by atoms with Gasteiger partial charge in [0.15, 0.2) is 0 Å². The van der Waals surface area contributed by atoms with Crippen LogP contribution in [0.4, 0.5) is 0 Å². The third-order valence-electron chi connectivity index (χ3n) is 4.53. The first-order chi connectivity index (χ1) is 13.5. The summed E-state index contributed by atoms with van der Waals surface area (Å²) in [7, 11) is -1.42. The summed E-state index contributed by atoms with van der Waals surface area (Å²) in [5.74, 6) is 0. The second kappa shape index (κ2) is 7.47. The minimum absolute atomic E-state index is 0.990. The second-order valence-corrected chi connectivity index (χ2v) is 13.0. The Labute approximate surface area is 167 Å². The zero-order valence-electron chi connectivity index (χ0n) is 16.6. The van der Waals surface area contributed by atoms with Crippen molar-refractivity contribution >= 4 is 24.5 Å². The van der Waals surface area contributed by atoms with E-state index in [1.807, 2.05) is 12.1 Å². The molecule has 0 radical (unpaired) electrons. The number of fused-ring (bicyclic) bond motifs is 1. The highest BCUT2D eigenvalue weighted by Gasteiger charge is 2.18. The normalized spacial score (nSPS) is 11.2. The first-order valence-corrected chi connectivity index (χ1v) is 13.2. The molecular weight excluding hydrogens is 356 g/mol. The van der Waals surface area contributed by atoms with Gasteiger partial charge in [0.25, 0.3) is 0 Å². The van der Waals surface area contributed by atoms with Gasteiger partial charge >= 0.3 is 0 Å². The SMILES string of the molecule is C[Si](C)(C)C=C=C(c1ccccc1)c1c2ccccc2nn1-c1ccccc1. The summed E-state index contributed by atoms with van der Waals surface area (Å²) in [6, 6.07) is 29.2. The zero-order valence-corrected chi connectivity index (χ0v) is 17.6. The molecule has 0 spiro atoms. The molecule has 138 valence electrons. The van der Waals surface area contributed by atoms with E-state index in [0.29, 0.717) is 0 Å². The van der Waals surface area contributed by atoms with Crippen LogP contribution in [0, 0.1) is 0 Å². The van der Waals surface area contributed by atoms with Crippen LogP contribution < -0.4 is 0 Å². The van der Waals surface area contributed by atoms with Crippen molar-refractivity contribution in [2.75, 3.05) is 0 Å². The fraction of sp³-hybridized carbons (Fsp3) is 0.120. The van der Waals surface area contributed by atoms with Crippen LogP contribution >= 0.6 is 0 Å². The number of hydrogen-bond acceptors (Lipinski definition) is 1. The lowest BCUT2D eigenvalue weighted by atomic mass is 10.0. The molecule has 28 heavy (non-hydrogen) atoms. The lowest BCUT2D eigenvalue weighted by Gasteiger charge is -2.12. The molecular formula is C25H24N2Si. The van der Waals surface area contributed by atoms with Crippen LogP contribution in [0.2, 0.25) is 19.6 Å². The van der Waals surface area contributed by atoms with Crippen LogP contribution in [0.3, 0.4) is 0 Å². The summed E-state index contributed by atoms with van der Waals surface area (Å²) >= 11 is 0. The van der Waals surface area contributed by atoms with Crippen LogP contribution in [0.15, 0.2) is 96.4 Å². The topological polar surface area (TPSA) is 17.8 Å². The van der Waals surface area contributed by atoms with Gasteiger partial charge in [-0.1, -0.05) is 92.1 Å². The third-order valence-corrected chi connectivity index (χ3v) is 5.54. The van der Waals surface area contributed by atoms with Gasteiger partial charge in [0.2, 0.25) is 0 Å². The van der Waals surface area contributed by atoms with Crippen LogP contribution in [0.5, 0.6) is 0 Å². The predicted octanol–water partition coefficient (Wildman–Crippen LogP) is 6.49. The van der Waals surface area contributed by atoms with Gasteiger partial charge in [0.1, 0.15) is 0 Å². The van der Waals surface area contributed by atoms with Crippen molar-refractivity contribution in [3.8, 4) is 5.69 Å². The van der Waals surface area contributed by atoms with E-state index in [1.54, 1.807) is 0 Å². The molecule has 0 saturated heterocycles. The highest BCUT2D eigenvalue weighted by atomic mass is 28.3. The zero-order chi connectivity index (χ0) is 19.6. The van der Waals surface area contributed by atoms with Crippen molar-refractivity contribution in [1.29, 1.82) is 0 Å². The number of nitrogens with zero attached hydrogens (tertiary/aromatic N) is 2. The average molecular weight is 381 g/mol. The Morgan fingerprint density at radius 2 is 1.43 bits per heavy atom. The molecule has 1 heterocycles. The molecule has 4 rings (SSSR count). The van der Waals surface area contributed by atoms with E-state index in [4.69, 9.17) is 5.10 Å². The molecule has 1 aromatic heterocycles. The Morgan fingerprint density at radius 3 is 2.11 bits per heavy atom. The van der Waals surface area contributed by atoms with E-state index in [0.717, 1.165) is 33.4 Å². The Hall–Kier alpha value is -3.13. The summed E-state index contributed by atoms with van der Waals surface area (Å²) < 4.78 is 2.05. The molecule has 0 aliphatic carbocycles. The fourth-order valence-corrected chi connectivity index (χ4v) is 3.79. The Kier molecular flexibility index (Phi) is 4.87. The van der Waals surface area contributed by atoms with E-state index in [9.17, 15) is 0 Å². The molecule has 0 amide bonds. The number of benzene rings is 3. The van der Waals surface area contributed by atoms with E-state index in [1.165, 1.54) is 0 Å². The van der Waals surface area contributed by atoms with Gasteiger partial charge < -0.3 is 0 Å². The summed E-state index contributed by atoms with van der Waals surface area (Å²) in [6.07, 6.45) is 0. The fourth-order valence-electron chi connectivity index (χ4n) is 3.21. The van der Waals surface area contributed by atoms with Crippen molar-refractivity contribution in [2.45, 2.75) is 19.6 Å². The predicted molar refractivity (Wildman–Crippen MR) is 121 cm³/mol. The molecule has 3 aromatic carbocycles. The van der Waals surface area contributed by atoms with Gasteiger partial charge in [0, 0.05) is 11.0 Å². The van der Waals surface area contributed by atoms with Crippen LogP contribution in [0.1, 0.15) is 11.3 Å². The molecule has 0 unspecified atom stereocenters. The van der Waals surface area contributed by atoms with Gasteiger partial charge in [-0.3, -0.25) is 0 Å². The summed E-state index contributed by atoms with van der Waals surface area (Å²) in [5.41, 5.74) is 11.3. The van der Waals surface area contributed by atoms with E-state index in [-0.39, 0.29) is 0 Å². The lowest BCUT2D eigenvalue weighted by molar-refractivity contribution is 0.882. The van der Waals surface area contributed by atoms with E-state index in [2.05, 4.69) is 109 Å². The molecule has 2 nitrogen and oxygen atoms in total. The molecule has 0 aliphatic rings. The Bertz CT molecular complexity index is 1160. The standard InChI is InChI=1S/C25H24N2Si/c1-28(2,3)19-18-22(20-12-6-4-7-13-20)25-23-16-10-11-17-24(23)26-27(25)21-14-8-5-9-15-21/h4-17,19H,1-3H3. The van der Waals surface area contributed by atoms with Gasteiger partial charge in [-0.25, -0.2) is 4.68 Å². The van der Waals surface area contributed by atoms with Gasteiger partial charge in [-0.05, 0) is 23.8 Å². The quantitative estimate of drug-likeness (QED) is 0.292. The third kappa shape index (κ3) is 3.77. The molecule has 0 bridgehead atoms. The highest BCUT2D eigenvalue weighted by Crippen LogP contribution is 2.31. The van der Waals surface area contributed by atoms with Crippen molar-refractivity contribution in [2.24, 2.45) is 0 Å². The average Bonchev–Trinajstić information content (AvgIpc) is 3.08. The molecule has 4 aromatic rings. The van der Waals surface area contributed by atoms with E-state index >= 15 is 0 Å². The minimum Gasteiger partial charge on any atom is -0.231 e. The molecule has 0 atom stereocenters. The largest absolute Gasteiger partial charge is 0.231 e. The van der Waals surface area contributed by atoms with Gasteiger partial charge in [0.05, 0.1) is 25.0 Å². The number of hydrogen-bond donors (Lipinski definition) is 0. The molecule has 3 heteroatoms. The number of aromatic nitrogens is 2. The first kappa shape index (κ1) is 18.2. The Balaban J connectivity index is 2.08. The summed E-state index contributed by atoms with van der Waals surface area (Å²) in [4.78, 5) is 0. The number of rotatable bonds is 4. The smallest absolute Gasteiger partial charge is 0.0934 e. The van der Waals surface area contributed by atoms with Crippen molar-refractivity contribution < 1.29 is 0 Å². The minimum atomic E-state index is -1.42. The molecule has 0 saturated carbocycles. The maximum Gasteiger partial charge on any atom is 0.0934 e. The van der Waals surface area contributed by atoms with Gasteiger partial charge in [-0.2, -0.15) is 5.10 Å². The monoisotopic (exact) mass is 380 g/mol. The number of para-hydroxylation sites is 1. The van der Waals surface area contributed by atoms with Crippen molar-refractivity contribution in [1.82, 2.24) is 9.78 Å². The summed E-state index contributed by atoms with van der Waals surface area (Å²) in [6.45, 7) is 6.99.